The Morgan fingerprint density at radius 2 is 1.83 bits per heavy atom. The molecule has 1 atom stereocenters. The van der Waals surface area contributed by atoms with Gasteiger partial charge in [0.1, 0.15) is 23.8 Å². The highest BCUT2D eigenvalue weighted by Gasteiger charge is 2.30. The van der Waals surface area contributed by atoms with E-state index in [9.17, 15) is 8.78 Å². The second-order valence-corrected chi connectivity index (χ2v) is 7.04. The van der Waals surface area contributed by atoms with Gasteiger partial charge in [-0.1, -0.05) is 6.42 Å². The van der Waals surface area contributed by atoms with E-state index in [0.717, 1.165) is 50.2 Å². The van der Waals surface area contributed by atoms with Gasteiger partial charge in [-0.25, -0.2) is 8.78 Å². The zero-order valence-electron chi connectivity index (χ0n) is 13.7. The molecule has 1 aromatic carbocycles. The van der Waals surface area contributed by atoms with E-state index in [-0.39, 0.29) is 6.04 Å². The smallest absolute Gasteiger partial charge is 0.150 e. The third-order valence-corrected chi connectivity index (χ3v) is 5.02. The third kappa shape index (κ3) is 3.48. The monoisotopic (exact) mass is 332 g/mol. The molecule has 6 heteroatoms. The van der Waals surface area contributed by atoms with Crippen LogP contribution in [0.4, 0.5) is 8.78 Å². The van der Waals surface area contributed by atoms with Crippen LogP contribution in [0, 0.1) is 17.6 Å². The van der Waals surface area contributed by atoms with Gasteiger partial charge < -0.3 is 4.57 Å². The Morgan fingerprint density at radius 3 is 2.58 bits per heavy atom. The number of nitrogens with zero attached hydrogens (tertiary/aromatic N) is 4. The van der Waals surface area contributed by atoms with Gasteiger partial charge in [0.2, 0.25) is 0 Å². The summed E-state index contributed by atoms with van der Waals surface area (Å²) < 4.78 is 29.1. The molecule has 0 spiro atoms. The lowest BCUT2D eigenvalue weighted by atomic mass is 10.00. The van der Waals surface area contributed by atoms with Crippen molar-refractivity contribution in [3.63, 3.8) is 0 Å². The largest absolute Gasteiger partial charge is 0.316 e. The summed E-state index contributed by atoms with van der Waals surface area (Å²) in [4.78, 5) is 2.28. The van der Waals surface area contributed by atoms with Crippen molar-refractivity contribution in [1.82, 2.24) is 19.7 Å². The van der Waals surface area contributed by atoms with Crippen molar-refractivity contribution in [3.05, 3.63) is 47.5 Å². The Hall–Kier alpha value is -1.82. The number of hydrogen-bond donors (Lipinski definition) is 0. The Labute approximate surface area is 140 Å². The van der Waals surface area contributed by atoms with Gasteiger partial charge in [0, 0.05) is 19.2 Å². The highest BCUT2D eigenvalue weighted by atomic mass is 19.1. The molecule has 1 aliphatic heterocycles. The summed E-state index contributed by atoms with van der Waals surface area (Å²) in [6, 6.07) is 3.93. The van der Waals surface area contributed by atoms with Gasteiger partial charge in [-0.15, -0.1) is 10.2 Å². The molecule has 0 radical (unpaired) electrons. The van der Waals surface area contributed by atoms with E-state index in [1.807, 2.05) is 6.33 Å². The first-order valence-corrected chi connectivity index (χ1v) is 8.76. The fourth-order valence-corrected chi connectivity index (χ4v) is 3.65. The van der Waals surface area contributed by atoms with Crippen LogP contribution in [0.3, 0.4) is 0 Å². The molecule has 0 N–H and O–H groups in total. The van der Waals surface area contributed by atoms with Gasteiger partial charge in [0.25, 0.3) is 0 Å². The summed E-state index contributed by atoms with van der Waals surface area (Å²) in [6.07, 6.45) is 7.66. The minimum Gasteiger partial charge on any atom is -0.316 e. The summed E-state index contributed by atoms with van der Waals surface area (Å²) in [5.41, 5.74) is 0.674. The van der Waals surface area contributed by atoms with Crippen molar-refractivity contribution in [2.75, 3.05) is 6.54 Å². The molecule has 1 aliphatic carbocycles. The molecule has 4 nitrogen and oxygen atoms in total. The molecule has 1 aromatic heterocycles. The Bertz CT molecular complexity index is 691. The Kier molecular flexibility index (Phi) is 4.31. The zero-order chi connectivity index (χ0) is 16.5. The Morgan fingerprint density at radius 1 is 1.04 bits per heavy atom. The zero-order valence-corrected chi connectivity index (χ0v) is 13.7. The molecule has 2 aromatic rings. The van der Waals surface area contributed by atoms with Gasteiger partial charge in [0.15, 0.2) is 0 Å². The van der Waals surface area contributed by atoms with Crippen molar-refractivity contribution in [3.8, 4) is 0 Å². The lowest BCUT2D eigenvalue weighted by Gasteiger charge is -2.35. The maximum atomic E-state index is 13.5. The lowest BCUT2D eigenvalue weighted by Crippen LogP contribution is -2.34. The average Bonchev–Trinajstić information content (AvgIpc) is 3.23. The summed E-state index contributed by atoms with van der Waals surface area (Å²) in [6.45, 7) is 2.44. The fraction of sp³-hybridized carbons (Fsp3) is 0.556. The molecule has 2 aliphatic rings. The summed E-state index contributed by atoms with van der Waals surface area (Å²) in [7, 11) is 0. The molecule has 1 saturated carbocycles. The molecule has 0 bridgehead atoms. The van der Waals surface area contributed by atoms with Gasteiger partial charge in [-0.2, -0.15) is 0 Å². The van der Waals surface area contributed by atoms with Crippen LogP contribution < -0.4 is 0 Å². The number of likely N-dealkylation sites (tertiary alicyclic amines) is 1. The first-order chi connectivity index (χ1) is 11.7. The van der Waals surface area contributed by atoms with E-state index < -0.39 is 11.6 Å². The van der Waals surface area contributed by atoms with E-state index in [4.69, 9.17) is 0 Å². The van der Waals surface area contributed by atoms with E-state index in [0.29, 0.717) is 12.1 Å². The standard InChI is InChI=1S/C18H22F2N4/c19-15-7-14(8-16(20)9-15)11-23-6-2-1-3-17(23)18-22-21-12-24(18)10-13-4-5-13/h7-9,12-13,17H,1-6,10-11H2. The number of piperidine rings is 1. The van der Waals surface area contributed by atoms with Crippen molar-refractivity contribution in [1.29, 1.82) is 0 Å². The minimum atomic E-state index is -0.518. The third-order valence-electron chi connectivity index (χ3n) is 5.02. The SMILES string of the molecule is Fc1cc(F)cc(CN2CCCCC2c2nncn2CC2CC2)c1. The molecular weight excluding hydrogens is 310 g/mol. The second kappa shape index (κ2) is 6.59. The molecule has 0 amide bonds. The summed E-state index contributed by atoms with van der Waals surface area (Å²) in [5.74, 6) is 0.721. The lowest BCUT2D eigenvalue weighted by molar-refractivity contribution is 0.130. The van der Waals surface area contributed by atoms with E-state index in [2.05, 4.69) is 19.7 Å². The molecule has 1 unspecified atom stereocenters. The normalized spacial score (nSPS) is 22.0. The average molecular weight is 332 g/mol. The summed E-state index contributed by atoms with van der Waals surface area (Å²) >= 11 is 0. The van der Waals surface area contributed by atoms with Crippen molar-refractivity contribution in [2.45, 2.75) is 51.2 Å². The molecule has 2 heterocycles. The van der Waals surface area contributed by atoms with Gasteiger partial charge in [-0.05, 0) is 55.8 Å². The quantitative estimate of drug-likeness (QED) is 0.837. The number of rotatable bonds is 5. The van der Waals surface area contributed by atoms with Crippen LogP contribution in [0.25, 0.3) is 0 Å². The van der Waals surface area contributed by atoms with Crippen LogP contribution >= 0.6 is 0 Å². The van der Waals surface area contributed by atoms with Gasteiger partial charge in [-0.3, -0.25) is 4.90 Å². The summed E-state index contributed by atoms with van der Waals surface area (Å²) in [5, 5.41) is 8.48. The molecule has 4 rings (SSSR count). The molecular formula is C18H22F2N4. The van der Waals surface area contributed by atoms with E-state index in [1.165, 1.54) is 25.0 Å². The minimum absolute atomic E-state index is 0.173. The van der Waals surface area contributed by atoms with Crippen LogP contribution in [0.15, 0.2) is 24.5 Å². The maximum Gasteiger partial charge on any atom is 0.150 e. The van der Waals surface area contributed by atoms with Crippen LogP contribution in [-0.4, -0.2) is 26.2 Å². The second-order valence-electron chi connectivity index (χ2n) is 7.04. The predicted molar refractivity (Wildman–Crippen MR) is 86.1 cm³/mol. The van der Waals surface area contributed by atoms with E-state index >= 15 is 0 Å². The highest BCUT2D eigenvalue weighted by Crippen LogP contribution is 2.34. The number of aromatic nitrogens is 3. The first-order valence-electron chi connectivity index (χ1n) is 8.76. The molecule has 2 fully saturated rings. The van der Waals surface area contributed by atoms with Crippen LogP contribution in [-0.2, 0) is 13.1 Å². The van der Waals surface area contributed by atoms with Crippen LogP contribution in [0.5, 0.6) is 0 Å². The predicted octanol–water partition coefficient (Wildman–Crippen LogP) is 3.69. The number of halogens is 2. The van der Waals surface area contributed by atoms with Crippen molar-refractivity contribution >= 4 is 0 Å². The first kappa shape index (κ1) is 15.7. The van der Waals surface area contributed by atoms with Crippen molar-refractivity contribution < 1.29 is 8.78 Å². The molecule has 1 saturated heterocycles. The van der Waals surface area contributed by atoms with Crippen molar-refractivity contribution in [2.24, 2.45) is 5.92 Å². The fourth-order valence-electron chi connectivity index (χ4n) is 3.65. The van der Waals surface area contributed by atoms with Crippen LogP contribution in [0.2, 0.25) is 0 Å². The molecule has 128 valence electrons. The highest BCUT2D eigenvalue weighted by molar-refractivity contribution is 5.18. The maximum absolute atomic E-state index is 13.5. The van der Waals surface area contributed by atoms with Gasteiger partial charge >= 0.3 is 0 Å². The van der Waals surface area contributed by atoms with Crippen LogP contribution in [0.1, 0.15) is 49.5 Å². The van der Waals surface area contributed by atoms with Gasteiger partial charge in [0.05, 0.1) is 6.04 Å². The topological polar surface area (TPSA) is 34.0 Å². The molecule has 24 heavy (non-hydrogen) atoms. The van der Waals surface area contributed by atoms with E-state index in [1.54, 1.807) is 0 Å². The Balaban J connectivity index is 1.55. The number of hydrogen-bond acceptors (Lipinski definition) is 3. The number of benzene rings is 1.